The lowest BCUT2D eigenvalue weighted by Crippen LogP contribution is -2.27. The van der Waals surface area contributed by atoms with E-state index in [2.05, 4.69) is 305 Å². The van der Waals surface area contributed by atoms with Gasteiger partial charge in [0.15, 0.2) is 0 Å². The molecule has 0 nitrogen and oxygen atoms in total. The summed E-state index contributed by atoms with van der Waals surface area (Å²) in [6.45, 7) is 102. The van der Waals surface area contributed by atoms with Gasteiger partial charge < -0.3 is 0 Å². The fraction of sp³-hybridized carbons (Fsp3) is 0.453. The van der Waals surface area contributed by atoms with Gasteiger partial charge in [0.25, 0.3) is 0 Å². The molecule has 0 aromatic heterocycles. The second-order valence-electron chi connectivity index (χ2n) is 35.1. The first-order chi connectivity index (χ1) is 49.1. The van der Waals surface area contributed by atoms with Crippen molar-refractivity contribution in [1.29, 1.82) is 0 Å². The van der Waals surface area contributed by atoms with Gasteiger partial charge in [0.2, 0.25) is 0 Å². The normalized spacial score (nSPS) is 15.2. The maximum atomic E-state index is 2.46. The van der Waals surface area contributed by atoms with E-state index in [1.54, 1.807) is 33.4 Å². The molecule has 2 aliphatic rings. The van der Waals surface area contributed by atoms with E-state index in [-0.39, 0.29) is 0 Å². The van der Waals surface area contributed by atoms with Gasteiger partial charge in [-0.3, -0.25) is 0 Å². The van der Waals surface area contributed by atoms with Crippen LogP contribution in [0.25, 0.3) is 76.8 Å². The number of hydrogen-bond donors (Lipinski definition) is 0. The van der Waals surface area contributed by atoms with Gasteiger partial charge in [-0.05, 0) is 622 Å². The fourth-order valence-electron chi connectivity index (χ4n) is 21.2. The molecule has 0 radical (unpaired) electrons. The van der Waals surface area contributed by atoms with Gasteiger partial charge in [0, 0.05) is 0 Å². The number of aryl methyl sites for hydroxylation is 8. The first kappa shape index (κ1) is 81.0. The molecule has 0 saturated heterocycles. The first-order valence-corrected chi connectivity index (χ1v) is 40.4. The highest BCUT2D eigenvalue weighted by atomic mass is 14.5. The summed E-state index contributed by atoms with van der Waals surface area (Å²) >= 11 is 0. The van der Waals surface area contributed by atoms with Crippen LogP contribution in [0.1, 0.15) is 296 Å². The average Bonchev–Trinajstić information content (AvgIpc) is 0.697. The van der Waals surface area contributed by atoms with Gasteiger partial charge in [-0.1, -0.05) is 27.7 Å². The molecule has 11 aromatic carbocycles. The predicted octanol–water partition coefficient (Wildman–Crippen LogP) is 31.1. The Morgan fingerprint density at radius 2 is 0.189 bits per heavy atom. The summed E-state index contributed by atoms with van der Waals surface area (Å²) < 4.78 is 0. The molecule has 13 rings (SSSR count). The zero-order valence-corrected chi connectivity index (χ0v) is 75.3. The third kappa shape index (κ3) is 11.5. The lowest BCUT2D eigenvalue weighted by molar-refractivity contribution is 0.569. The van der Waals surface area contributed by atoms with E-state index in [1.165, 1.54) is 288 Å². The molecule has 106 heavy (non-hydrogen) atoms. The molecule has 0 spiro atoms. The molecule has 0 saturated carbocycles. The molecule has 4 atom stereocenters. The average molecular weight is 1410 g/mol. The molecular weight excluding hydrogens is 1270 g/mol. The smallest absolute Gasteiger partial charge is 0.00153 e. The van der Waals surface area contributed by atoms with Crippen molar-refractivity contribution in [2.45, 2.75) is 328 Å². The quantitative estimate of drug-likeness (QED) is 0.155. The van der Waals surface area contributed by atoms with Crippen LogP contribution in [0.3, 0.4) is 0 Å². The molecule has 0 amide bonds. The summed E-state index contributed by atoms with van der Waals surface area (Å²) in [7, 11) is 0. The molecule has 0 N–H and O–H groups in total. The summed E-state index contributed by atoms with van der Waals surface area (Å²) in [4.78, 5) is 0. The van der Waals surface area contributed by atoms with Crippen molar-refractivity contribution in [3.63, 3.8) is 0 Å². The van der Waals surface area contributed by atoms with Crippen molar-refractivity contribution in [3.8, 4) is 44.5 Å². The standard InChI is InChI=1S/C32H42.C26H34.C26H30.C22H30/c1-15-17(3)21(7)29(22(8)18(15)4)31-25(11)27(13)32(28(14)26(31)12)30-23(9)19(5)16(2)20(6)24(30)10;2*1-11-13(3)21-17(7)19(9)23-15(5)12(2)16(6)24-20(10)18(8)22(14(11)4)25(21)26(23)24;1-11-13(3)17(7)21(18(8)14(11)4)22-19(9)15(5)12(2)16(6)20(22)10/h1-14H3;17-20H,1-10H3;1-10H3;1-10H3. The SMILES string of the molecule is Cc1c(C)c(C)c(-c2c(C)c(C)c(-c3c(C)c(C)c(C)c(C)c3C)c(C)c2C)c(C)c1C.Cc1c(C)c(C)c(-c2c(C)c(C)c(C)c(C)c2C)c(C)c1C.Cc1c(C)c2c(C)c(C)c3c(C)c(C)c(C)c4c(C)c(C)c(c1C)c2c34.Cc1c(C)c2c3c(c1C)C(C)C(C)c1c(C)c(C)c(C)c(c1-3)C(C)C2C. The highest BCUT2D eigenvalue weighted by Gasteiger charge is 2.42. The van der Waals surface area contributed by atoms with E-state index in [4.69, 9.17) is 0 Å². The number of benzene rings is 11. The van der Waals surface area contributed by atoms with Crippen molar-refractivity contribution in [1.82, 2.24) is 0 Å². The van der Waals surface area contributed by atoms with Crippen molar-refractivity contribution >= 4 is 32.3 Å². The minimum absolute atomic E-state index is 0.588. The van der Waals surface area contributed by atoms with E-state index >= 15 is 0 Å². The minimum Gasteiger partial charge on any atom is -0.0578 e. The van der Waals surface area contributed by atoms with Crippen LogP contribution in [-0.4, -0.2) is 0 Å². The van der Waals surface area contributed by atoms with Crippen LogP contribution >= 0.6 is 0 Å². The summed E-state index contributed by atoms with van der Waals surface area (Å²) in [6, 6.07) is 0. The zero-order chi connectivity index (χ0) is 79.8. The predicted molar refractivity (Wildman–Crippen MR) is 474 cm³/mol. The Balaban J connectivity index is 0.000000152. The van der Waals surface area contributed by atoms with Gasteiger partial charge in [-0.25, -0.2) is 0 Å². The molecule has 4 unspecified atom stereocenters. The summed E-state index contributed by atoms with van der Waals surface area (Å²) in [5.41, 5.74) is 76.6. The minimum atomic E-state index is 0.588. The zero-order valence-electron chi connectivity index (χ0n) is 75.3. The highest BCUT2D eigenvalue weighted by molar-refractivity contribution is 6.29. The first-order valence-electron chi connectivity index (χ1n) is 40.4. The molecule has 560 valence electrons. The molecule has 11 aromatic rings. The van der Waals surface area contributed by atoms with Crippen LogP contribution in [0.5, 0.6) is 0 Å². The second kappa shape index (κ2) is 28.5. The molecule has 0 heteroatoms. The van der Waals surface area contributed by atoms with Gasteiger partial charge in [-0.15, -0.1) is 0 Å². The third-order valence-corrected chi connectivity index (χ3v) is 31.5. The van der Waals surface area contributed by atoms with Crippen LogP contribution in [0.2, 0.25) is 0 Å². The maximum absolute atomic E-state index is 2.46. The van der Waals surface area contributed by atoms with Crippen LogP contribution in [-0.2, 0) is 0 Å². The maximum Gasteiger partial charge on any atom is -0.00153 e. The van der Waals surface area contributed by atoms with E-state index in [9.17, 15) is 0 Å². The largest absolute Gasteiger partial charge is 0.0578 e. The van der Waals surface area contributed by atoms with E-state index < -0.39 is 0 Å². The van der Waals surface area contributed by atoms with Crippen molar-refractivity contribution in [2.24, 2.45) is 0 Å². The van der Waals surface area contributed by atoms with Crippen molar-refractivity contribution < 1.29 is 0 Å². The fourth-order valence-corrected chi connectivity index (χ4v) is 21.2. The monoisotopic (exact) mass is 1410 g/mol. The second-order valence-corrected chi connectivity index (χ2v) is 35.1. The Morgan fingerprint density at radius 3 is 0.330 bits per heavy atom. The van der Waals surface area contributed by atoms with Crippen molar-refractivity contribution in [3.05, 3.63) is 245 Å². The van der Waals surface area contributed by atoms with Crippen LogP contribution < -0.4 is 0 Å². The van der Waals surface area contributed by atoms with Crippen LogP contribution in [0.15, 0.2) is 0 Å². The topological polar surface area (TPSA) is 0 Å². The molecule has 2 aliphatic carbocycles. The Kier molecular flexibility index (Phi) is 21.8. The van der Waals surface area contributed by atoms with Gasteiger partial charge in [-0.2, -0.15) is 0 Å². The van der Waals surface area contributed by atoms with E-state index in [1.807, 2.05) is 0 Å². The summed E-state index contributed by atoms with van der Waals surface area (Å²) in [5, 5.41) is 8.97. The van der Waals surface area contributed by atoms with E-state index in [0.29, 0.717) is 23.7 Å². The van der Waals surface area contributed by atoms with Gasteiger partial charge in [0.1, 0.15) is 0 Å². The Hall–Kier alpha value is -7.54. The van der Waals surface area contributed by atoms with Crippen molar-refractivity contribution in [2.75, 3.05) is 0 Å². The summed E-state index contributed by atoms with van der Waals surface area (Å²) in [6.07, 6.45) is 0. The number of hydrogen-bond acceptors (Lipinski definition) is 0. The third-order valence-electron chi connectivity index (χ3n) is 31.5. The van der Waals surface area contributed by atoms with E-state index in [0.717, 1.165) is 0 Å². The highest BCUT2D eigenvalue weighted by Crippen LogP contribution is 2.61. The Bertz CT molecular complexity index is 4990. The lowest BCUT2D eigenvalue weighted by atomic mass is 9.59. The Labute approximate surface area is 645 Å². The number of rotatable bonds is 3. The Morgan fingerprint density at radius 1 is 0.0943 bits per heavy atom. The van der Waals surface area contributed by atoms with Crippen LogP contribution in [0, 0.1) is 277 Å². The molecule has 0 fully saturated rings. The van der Waals surface area contributed by atoms with Crippen LogP contribution in [0.4, 0.5) is 0 Å². The molecule has 0 heterocycles. The van der Waals surface area contributed by atoms with Gasteiger partial charge >= 0.3 is 0 Å². The lowest BCUT2D eigenvalue weighted by Gasteiger charge is -2.45. The molecular formula is C106H136. The van der Waals surface area contributed by atoms with Gasteiger partial charge in [0.05, 0.1) is 0 Å². The molecule has 0 aliphatic heterocycles. The molecule has 0 bridgehead atoms. The summed E-state index contributed by atoms with van der Waals surface area (Å²) in [5.74, 6) is 2.35.